The lowest BCUT2D eigenvalue weighted by Gasteiger charge is -2.45. The lowest BCUT2D eigenvalue weighted by molar-refractivity contribution is 0.0558. The van der Waals surface area contributed by atoms with Crippen LogP contribution >= 0.6 is 0 Å². The number of aromatic nitrogens is 5. The number of anilines is 2. The summed E-state index contributed by atoms with van der Waals surface area (Å²) >= 11 is 0. The minimum absolute atomic E-state index is 0.0491. The summed E-state index contributed by atoms with van der Waals surface area (Å²) in [6.45, 7) is 2.54. The number of halogens is 1. The summed E-state index contributed by atoms with van der Waals surface area (Å²) in [5, 5.41) is 16.3. The second kappa shape index (κ2) is 8.62. The Hall–Kier alpha value is -3.63. The number of carbonyl (C=O) groups excluding carboxylic acids is 1. The summed E-state index contributed by atoms with van der Waals surface area (Å²) in [6.07, 6.45) is 7.42. The molecule has 7 rings (SSSR count). The highest BCUT2D eigenvalue weighted by atomic mass is 19.1. The van der Waals surface area contributed by atoms with E-state index in [0.717, 1.165) is 30.4 Å². The molecule has 2 unspecified atom stereocenters. The first kappa shape index (κ1) is 20.9. The van der Waals surface area contributed by atoms with Crippen LogP contribution in [-0.2, 0) is 6.54 Å². The highest BCUT2D eigenvalue weighted by Crippen LogP contribution is 2.23. The van der Waals surface area contributed by atoms with Gasteiger partial charge < -0.3 is 10.6 Å². The van der Waals surface area contributed by atoms with E-state index < -0.39 is 0 Å². The molecule has 3 fully saturated rings. The third-order valence-electron chi connectivity index (χ3n) is 6.71. The molecule has 2 bridgehead atoms. The minimum atomic E-state index is -0.262. The molecule has 0 spiro atoms. The Bertz CT molecular complexity index is 1340. The van der Waals surface area contributed by atoms with Crippen molar-refractivity contribution in [2.75, 3.05) is 25.0 Å². The molecule has 9 nitrogen and oxygen atoms in total. The molecule has 1 aromatic carbocycles. The van der Waals surface area contributed by atoms with Gasteiger partial charge in [0, 0.05) is 60.6 Å². The number of rotatable bonds is 6. The molecule has 2 N–H and O–H groups in total. The smallest absolute Gasteiger partial charge is 0.261 e. The van der Waals surface area contributed by atoms with Gasteiger partial charge in [0.15, 0.2) is 5.82 Å². The van der Waals surface area contributed by atoms with Gasteiger partial charge in [0.1, 0.15) is 11.6 Å². The molecule has 3 saturated heterocycles. The number of nitrogens with zero attached hydrogens (tertiary/aromatic N) is 6. The maximum atomic E-state index is 14.1. The van der Waals surface area contributed by atoms with Crippen LogP contribution in [0.1, 0.15) is 23.2 Å². The molecule has 2 atom stereocenters. The molecule has 3 aliphatic rings. The van der Waals surface area contributed by atoms with E-state index in [1.165, 1.54) is 17.2 Å². The maximum Gasteiger partial charge on any atom is 0.261 e. The molecule has 0 aliphatic carbocycles. The highest BCUT2D eigenvalue weighted by molar-refractivity contribution is 5.82. The Kier molecular flexibility index (Phi) is 5.31. The van der Waals surface area contributed by atoms with E-state index in [1.54, 1.807) is 41.5 Å². The summed E-state index contributed by atoms with van der Waals surface area (Å²) in [4.78, 5) is 19.5. The first-order valence-corrected chi connectivity index (χ1v) is 11.5. The predicted molar refractivity (Wildman–Crippen MR) is 126 cm³/mol. The van der Waals surface area contributed by atoms with E-state index in [1.807, 2.05) is 12.1 Å². The second-order valence-corrected chi connectivity index (χ2v) is 8.95. The molecule has 0 amide bonds. The number of nitrogens with one attached hydrogen (secondary N) is 2. The first-order valence-electron chi connectivity index (χ1n) is 11.5. The third kappa shape index (κ3) is 4.06. The average Bonchev–Trinajstić information content (AvgIpc) is 3.49. The highest BCUT2D eigenvalue weighted by Gasteiger charge is 2.34. The van der Waals surface area contributed by atoms with Crippen LogP contribution < -0.4 is 10.6 Å². The van der Waals surface area contributed by atoms with E-state index >= 15 is 0 Å². The average molecular weight is 461 g/mol. The van der Waals surface area contributed by atoms with Gasteiger partial charge in [0.05, 0.1) is 24.8 Å². The van der Waals surface area contributed by atoms with Crippen LogP contribution in [0.15, 0.2) is 55.0 Å². The lowest BCUT2D eigenvalue weighted by Crippen LogP contribution is -2.61. The molecule has 0 radical (unpaired) electrons. The standard InChI is InChI=1S/C24H25FN8O/c25-20-4-2-1-3-16(20)13-33-21-9-23(27-10-17(21)11-28-33)29-22-7-8-32(30-22)24(34)15-31-14-18-5-6-19(31)12-26-18/h1-4,7-11,18-19,26H,5-6,12-15H2,(H,27,29,30). The van der Waals surface area contributed by atoms with Crippen molar-refractivity contribution in [3.8, 4) is 0 Å². The molecular formula is C24H25FN8O. The molecular weight excluding hydrogens is 435 g/mol. The normalized spacial score (nSPS) is 20.1. The fourth-order valence-corrected chi connectivity index (χ4v) is 4.86. The van der Waals surface area contributed by atoms with Gasteiger partial charge in [-0.15, -0.1) is 5.10 Å². The number of hydrogen-bond acceptors (Lipinski definition) is 7. The van der Waals surface area contributed by atoms with Crippen molar-refractivity contribution in [1.29, 1.82) is 0 Å². The molecule has 6 heterocycles. The molecule has 3 aliphatic heterocycles. The fraction of sp³-hybridized carbons (Fsp3) is 0.333. The maximum absolute atomic E-state index is 14.1. The zero-order valence-corrected chi connectivity index (χ0v) is 18.6. The van der Waals surface area contributed by atoms with E-state index in [0.29, 0.717) is 42.4 Å². The van der Waals surface area contributed by atoms with Crippen molar-refractivity contribution < 1.29 is 9.18 Å². The summed E-state index contributed by atoms with van der Waals surface area (Å²) in [5.74, 6) is 0.788. The van der Waals surface area contributed by atoms with Crippen molar-refractivity contribution in [3.63, 3.8) is 0 Å². The van der Waals surface area contributed by atoms with E-state index in [2.05, 4.69) is 30.7 Å². The van der Waals surface area contributed by atoms with Gasteiger partial charge in [-0.2, -0.15) is 5.10 Å². The molecule has 34 heavy (non-hydrogen) atoms. The van der Waals surface area contributed by atoms with Crippen LogP contribution in [0.25, 0.3) is 10.9 Å². The van der Waals surface area contributed by atoms with Gasteiger partial charge in [-0.1, -0.05) is 18.2 Å². The van der Waals surface area contributed by atoms with Gasteiger partial charge >= 0.3 is 0 Å². The lowest BCUT2D eigenvalue weighted by atomic mass is 9.93. The number of piperidine rings is 2. The summed E-state index contributed by atoms with van der Waals surface area (Å²) < 4.78 is 17.2. The third-order valence-corrected chi connectivity index (χ3v) is 6.71. The topological polar surface area (TPSA) is 92.9 Å². The number of hydrogen-bond donors (Lipinski definition) is 2. The second-order valence-electron chi connectivity index (χ2n) is 8.95. The molecule has 174 valence electrons. The summed E-state index contributed by atoms with van der Waals surface area (Å²) in [5.41, 5.74) is 1.39. The molecule has 3 aromatic heterocycles. The Labute approximate surface area is 195 Å². The van der Waals surface area contributed by atoms with Crippen LogP contribution in [0.5, 0.6) is 0 Å². The van der Waals surface area contributed by atoms with Gasteiger partial charge in [-0.05, 0) is 18.9 Å². The largest absolute Gasteiger partial charge is 0.323 e. The quantitative estimate of drug-likeness (QED) is 0.457. The van der Waals surface area contributed by atoms with Crippen LogP contribution in [0.2, 0.25) is 0 Å². The number of piperazine rings is 1. The minimum Gasteiger partial charge on any atom is -0.323 e. The zero-order valence-electron chi connectivity index (χ0n) is 18.6. The Balaban J connectivity index is 1.16. The summed E-state index contributed by atoms with van der Waals surface area (Å²) in [6, 6.07) is 11.2. The number of pyridine rings is 1. The Morgan fingerprint density at radius 2 is 2.09 bits per heavy atom. The van der Waals surface area contributed by atoms with Gasteiger partial charge in [-0.3, -0.25) is 14.4 Å². The Morgan fingerprint density at radius 1 is 1.18 bits per heavy atom. The Morgan fingerprint density at radius 3 is 2.88 bits per heavy atom. The van der Waals surface area contributed by atoms with Crippen molar-refractivity contribution in [2.45, 2.75) is 31.5 Å². The van der Waals surface area contributed by atoms with Gasteiger partial charge in [-0.25, -0.2) is 14.1 Å². The first-order chi connectivity index (χ1) is 16.6. The molecule has 0 saturated carbocycles. The molecule has 10 heteroatoms. The van der Waals surface area contributed by atoms with Gasteiger partial charge in [0.25, 0.3) is 5.91 Å². The van der Waals surface area contributed by atoms with Crippen LogP contribution in [0.4, 0.5) is 16.0 Å². The van der Waals surface area contributed by atoms with Crippen molar-refractivity contribution >= 4 is 28.4 Å². The monoisotopic (exact) mass is 460 g/mol. The van der Waals surface area contributed by atoms with E-state index in [-0.39, 0.29) is 11.7 Å². The van der Waals surface area contributed by atoms with E-state index in [4.69, 9.17) is 0 Å². The van der Waals surface area contributed by atoms with Gasteiger partial charge in [0.2, 0.25) is 0 Å². The number of fused-ring (bicyclic) bond motifs is 4. The van der Waals surface area contributed by atoms with Crippen LogP contribution in [0, 0.1) is 5.82 Å². The SMILES string of the molecule is O=C(CN1CC2CCC1CN2)n1ccc(Nc2cc3c(cn2)cnn3Cc2ccccc2F)n1. The van der Waals surface area contributed by atoms with Crippen LogP contribution in [0.3, 0.4) is 0 Å². The molecule has 4 aromatic rings. The number of carbonyl (C=O) groups is 1. The number of benzene rings is 1. The van der Waals surface area contributed by atoms with Crippen molar-refractivity contribution in [1.82, 2.24) is 34.8 Å². The summed E-state index contributed by atoms with van der Waals surface area (Å²) in [7, 11) is 0. The fourth-order valence-electron chi connectivity index (χ4n) is 4.86. The predicted octanol–water partition coefficient (Wildman–Crippen LogP) is 2.64. The zero-order chi connectivity index (χ0) is 23.1. The van der Waals surface area contributed by atoms with Crippen LogP contribution in [-0.4, -0.2) is 67.1 Å². The van der Waals surface area contributed by atoms with E-state index in [9.17, 15) is 9.18 Å². The van der Waals surface area contributed by atoms with Crippen molar-refractivity contribution in [2.24, 2.45) is 0 Å². The van der Waals surface area contributed by atoms with Crippen molar-refractivity contribution in [3.05, 3.63) is 66.4 Å².